The van der Waals surface area contributed by atoms with Gasteiger partial charge in [-0.2, -0.15) is 0 Å². The average molecular weight is 247 g/mol. The van der Waals surface area contributed by atoms with Gasteiger partial charge in [0.2, 0.25) is 0 Å². The Morgan fingerprint density at radius 3 is 2.94 bits per heavy atom. The van der Waals surface area contributed by atoms with E-state index in [4.69, 9.17) is 10.5 Å². The highest BCUT2D eigenvalue weighted by atomic mass is 16.5. The third-order valence-corrected chi connectivity index (χ3v) is 2.47. The number of nitrogens with zero attached hydrogens (tertiary/aromatic N) is 4. The number of ether oxygens (including phenoxy) is 1. The van der Waals surface area contributed by atoms with Crippen LogP contribution in [0.1, 0.15) is 19.2 Å². The smallest absolute Gasteiger partial charge is 0.158 e. The summed E-state index contributed by atoms with van der Waals surface area (Å²) in [5.74, 6) is 1.81. The Labute approximate surface area is 106 Å². The van der Waals surface area contributed by atoms with E-state index in [1.54, 1.807) is 19.4 Å². The SMILES string of the molecule is CCCn1ccnc1-c1cc(N)nc(COC)n1. The lowest BCUT2D eigenvalue weighted by atomic mass is 10.3. The van der Waals surface area contributed by atoms with E-state index < -0.39 is 0 Å². The Bertz CT molecular complexity index is 523. The van der Waals surface area contributed by atoms with E-state index in [1.807, 2.05) is 6.20 Å². The zero-order valence-electron chi connectivity index (χ0n) is 10.6. The number of nitrogen functional groups attached to an aromatic ring is 1. The van der Waals surface area contributed by atoms with Gasteiger partial charge in [0.05, 0.1) is 0 Å². The molecule has 0 fully saturated rings. The minimum absolute atomic E-state index is 0.340. The van der Waals surface area contributed by atoms with Crippen LogP contribution in [0.2, 0.25) is 0 Å². The van der Waals surface area contributed by atoms with Gasteiger partial charge >= 0.3 is 0 Å². The lowest BCUT2D eigenvalue weighted by molar-refractivity contribution is 0.178. The molecule has 0 atom stereocenters. The maximum atomic E-state index is 5.78. The van der Waals surface area contributed by atoms with Crippen molar-refractivity contribution in [3.05, 3.63) is 24.3 Å². The highest BCUT2D eigenvalue weighted by molar-refractivity contribution is 5.54. The number of imidazole rings is 1. The molecule has 6 heteroatoms. The Morgan fingerprint density at radius 1 is 1.39 bits per heavy atom. The van der Waals surface area contributed by atoms with Crippen molar-refractivity contribution in [1.82, 2.24) is 19.5 Å². The molecule has 0 unspecified atom stereocenters. The predicted molar refractivity (Wildman–Crippen MR) is 68.7 cm³/mol. The summed E-state index contributed by atoms with van der Waals surface area (Å²) < 4.78 is 7.08. The topological polar surface area (TPSA) is 78.9 Å². The molecule has 0 aliphatic carbocycles. The molecule has 0 aromatic carbocycles. The van der Waals surface area contributed by atoms with Gasteiger partial charge in [-0.25, -0.2) is 15.0 Å². The van der Waals surface area contributed by atoms with Crippen LogP contribution in [0.25, 0.3) is 11.5 Å². The average Bonchev–Trinajstić information content (AvgIpc) is 2.77. The molecule has 0 aliphatic heterocycles. The van der Waals surface area contributed by atoms with E-state index >= 15 is 0 Å². The van der Waals surface area contributed by atoms with Crippen LogP contribution < -0.4 is 5.73 Å². The van der Waals surface area contributed by atoms with Crippen molar-refractivity contribution in [2.45, 2.75) is 26.5 Å². The molecule has 0 amide bonds. The van der Waals surface area contributed by atoms with Crippen LogP contribution in [0.15, 0.2) is 18.5 Å². The molecule has 2 aromatic rings. The first-order valence-electron chi connectivity index (χ1n) is 5.88. The third kappa shape index (κ3) is 2.65. The number of rotatable bonds is 5. The van der Waals surface area contributed by atoms with Gasteiger partial charge in [-0.05, 0) is 6.42 Å². The van der Waals surface area contributed by atoms with Gasteiger partial charge in [-0.15, -0.1) is 0 Å². The van der Waals surface area contributed by atoms with Crippen LogP contribution in [0.5, 0.6) is 0 Å². The molecule has 0 spiro atoms. The molecule has 2 N–H and O–H groups in total. The van der Waals surface area contributed by atoms with E-state index in [0.717, 1.165) is 24.5 Å². The summed E-state index contributed by atoms with van der Waals surface area (Å²) in [6, 6.07) is 1.73. The molecule has 6 nitrogen and oxygen atoms in total. The summed E-state index contributed by atoms with van der Waals surface area (Å²) in [4.78, 5) is 12.8. The zero-order chi connectivity index (χ0) is 13.0. The fourth-order valence-electron chi connectivity index (χ4n) is 1.79. The van der Waals surface area contributed by atoms with Gasteiger partial charge in [0, 0.05) is 32.1 Å². The van der Waals surface area contributed by atoms with Gasteiger partial charge in [-0.3, -0.25) is 0 Å². The maximum absolute atomic E-state index is 5.78. The molecule has 2 aromatic heterocycles. The van der Waals surface area contributed by atoms with Crippen LogP contribution in [0.3, 0.4) is 0 Å². The van der Waals surface area contributed by atoms with Crippen LogP contribution in [0, 0.1) is 0 Å². The molecular formula is C12H17N5O. The van der Waals surface area contributed by atoms with Crippen molar-refractivity contribution >= 4 is 5.82 Å². The van der Waals surface area contributed by atoms with E-state index in [0.29, 0.717) is 18.2 Å². The predicted octanol–water partition coefficient (Wildman–Crippen LogP) is 1.48. The summed E-state index contributed by atoms with van der Waals surface area (Å²) in [6.07, 6.45) is 4.74. The van der Waals surface area contributed by atoms with Gasteiger partial charge in [0.15, 0.2) is 11.6 Å². The molecule has 96 valence electrons. The van der Waals surface area contributed by atoms with Crippen molar-refractivity contribution in [1.29, 1.82) is 0 Å². The molecule has 0 bridgehead atoms. The minimum Gasteiger partial charge on any atom is -0.384 e. The second kappa shape index (κ2) is 5.59. The van der Waals surface area contributed by atoms with Crippen molar-refractivity contribution < 1.29 is 4.74 Å². The van der Waals surface area contributed by atoms with Crippen LogP contribution in [-0.2, 0) is 17.9 Å². The highest BCUT2D eigenvalue weighted by Crippen LogP contribution is 2.17. The number of anilines is 1. The molecule has 0 aliphatic rings. The Kier molecular flexibility index (Phi) is 3.88. The minimum atomic E-state index is 0.340. The van der Waals surface area contributed by atoms with Crippen molar-refractivity contribution in [2.75, 3.05) is 12.8 Å². The first-order chi connectivity index (χ1) is 8.74. The van der Waals surface area contributed by atoms with Crippen molar-refractivity contribution in [3.63, 3.8) is 0 Å². The lowest BCUT2D eigenvalue weighted by Gasteiger charge is -2.07. The van der Waals surface area contributed by atoms with Gasteiger partial charge < -0.3 is 15.0 Å². The quantitative estimate of drug-likeness (QED) is 0.865. The second-order valence-electron chi connectivity index (χ2n) is 3.97. The first-order valence-corrected chi connectivity index (χ1v) is 5.88. The number of aromatic nitrogens is 4. The van der Waals surface area contributed by atoms with Gasteiger partial charge in [0.25, 0.3) is 0 Å². The fourth-order valence-corrected chi connectivity index (χ4v) is 1.79. The first kappa shape index (κ1) is 12.5. The molecule has 0 radical (unpaired) electrons. The van der Waals surface area contributed by atoms with Crippen molar-refractivity contribution in [3.8, 4) is 11.5 Å². The summed E-state index contributed by atoms with van der Waals surface area (Å²) in [6.45, 7) is 3.36. The zero-order valence-corrected chi connectivity index (χ0v) is 10.6. The van der Waals surface area contributed by atoms with Crippen LogP contribution >= 0.6 is 0 Å². The molecular weight excluding hydrogens is 230 g/mol. The lowest BCUT2D eigenvalue weighted by Crippen LogP contribution is -2.05. The highest BCUT2D eigenvalue weighted by Gasteiger charge is 2.10. The van der Waals surface area contributed by atoms with E-state index in [2.05, 4.69) is 26.4 Å². The third-order valence-electron chi connectivity index (χ3n) is 2.47. The Hall–Kier alpha value is -1.95. The number of hydrogen-bond donors (Lipinski definition) is 1. The van der Waals surface area contributed by atoms with E-state index in [-0.39, 0.29) is 0 Å². The van der Waals surface area contributed by atoms with E-state index in [9.17, 15) is 0 Å². The van der Waals surface area contributed by atoms with Gasteiger partial charge in [0.1, 0.15) is 18.1 Å². The van der Waals surface area contributed by atoms with Crippen LogP contribution in [0.4, 0.5) is 5.82 Å². The molecule has 2 rings (SSSR count). The standard InChI is InChI=1S/C12H17N5O/c1-3-5-17-6-4-14-12(17)9-7-10(13)16-11(15-9)8-18-2/h4,6-7H,3,5,8H2,1-2H3,(H2,13,15,16). The number of hydrogen-bond acceptors (Lipinski definition) is 5. The summed E-state index contributed by atoms with van der Waals surface area (Å²) in [5, 5.41) is 0. The number of aryl methyl sites for hydroxylation is 1. The monoisotopic (exact) mass is 247 g/mol. The number of methoxy groups -OCH3 is 1. The molecule has 0 saturated heterocycles. The molecule has 0 saturated carbocycles. The Morgan fingerprint density at radius 2 is 2.22 bits per heavy atom. The second-order valence-corrected chi connectivity index (χ2v) is 3.97. The summed E-state index contributed by atoms with van der Waals surface area (Å²) in [7, 11) is 1.60. The largest absolute Gasteiger partial charge is 0.384 e. The Balaban J connectivity index is 2.39. The molecule has 2 heterocycles. The maximum Gasteiger partial charge on any atom is 0.158 e. The molecule has 18 heavy (non-hydrogen) atoms. The van der Waals surface area contributed by atoms with E-state index in [1.165, 1.54) is 0 Å². The summed E-state index contributed by atoms with van der Waals surface area (Å²) in [5.41, 5.74) is 6.51. The van der Waals surface area contributed by atoms with Crippen LogP contribution in [-0.4, -0.2) is 26.6 Å². The fraction of sp³-hybridized carbons (Fsp3) is 0.417. The summed E-state index contributed by atoms with van der Waals surface area (Å²) >= 11 is 0. The number of nitrogens with two attached hydrogens (primary N) is 1. The normalized spacial score (nSPS) is 10.8. The van der Waals surface area contributed by atoms with Crippen molar-refractivity contribution in [2.24, 2.45) is 0 Å². The van der Waals surface area contributed by atoms with Gasteiger partial charge in [-0.1, -0.05) is 6.92 Å².